The lowest BCUT2D eigenvalue weighted by Gasteiger charge is -2.29. The van der Waals surface area contributed by atoms with Gasteiger partial charge in [0.25, 0.3) is 11.8 Å². The highest BCUT2D eigenvalue weighted by Gasteiger charge is 2.34. The number of carbonyl (C=O) groups excluding carboxylic acids is 2. The Morgan fingerprint density at radius 2 is 1.76 bits per heavy atom. The van der Waals surface area contributed by atoms with Gasteiger partial charge in [-0.2, -0.15) is 0 Å². The lowest BCUT2D eigenvalue weighted by atomic mass is 10.1. The van der Waals surface area contributed by atoms with Gasteiger partial charge in [0.2, 0.25) is 0 Å². The molecular weight excluding hydrogens is 392 g/mol. The molecule has 2 aromatic rings. The quantitative estimate of drug-likeness (QED) is 0.447. The van der Waals surface area contributed by atoms with E-state index in [0.717, 1.165) is 0 Å². The molecule has 0 unspecified atom stereocenters. The van der Waals surface area contributed by atoms with E-state index in [1.165, 1.54) is 18.1 Å². The van der Waals surface area contributed by atoms with E-state index in [0.29, 0.717) is 35.1 Å². The molecule has 0 atom stereocenters. The van der Waals surface area contributed by atoms with Gasteiger partial charge in [0.15, 0.2) is 16.6 Å². The van der Waals surface area contributed by atoms with Gasteiger partial charge >= 0.3 is 0 Å². The number of anilines is 1. The lowest BCUT2D eigenvalue weighted by molar-refractivity contribution is -0.122. The molecule has 7 nitrogen and oxygen atoms in total. The zero-order valence-corrected chi connectivity index (χ0v) is 17.0. The van der Waals surface area contributed by atoms with Crippen molar-refractivity contribution < 1.29 is 23.8 Å². The van der Waals surface area contributed by atoms with Crippen molar-refractivity contribution >= 4 is 40.9 Å². The third-order valence-electron chi connectivity index (χ3n) is 4.23. The van der Waals surface area contributed by atoms with Crippen LogP contribution in [0, 0.1) is 0 Å². The highest BCUT2D eigenvalue weighted by Crippen LogP contribution is 2.30. The Morgan fingerprint density at radius 1 is 1.03 bits per heavy atom. The zero-order valence-electron chi connectivity index (χ0n) is 16.2. The van der Waals surface area contributed by atoms with E-state index in [1.54, 1.807) is 49.6 Å². The van der Waals surface area contributed by atoms with Crippen LogP contribution in [0.15, 0.2) is 48.0 Å². The molecule has 1 saturated heterocycles. The van der Waals surface area contributed by atoms with Crippen molar-refractivity contribution in [1.29, 1.82) is 0 Å². The molecule has 29 heavy (non-hydrogen) atoms. The monoisotopic (exact) mass is 412 g/mol. The first-order valence-corrected chi connectivity index (χ1v) is 9.25. The second-order valence-electron chi connectivity index (χ2n) is 6.00. The van der Waals surface area contributed by atoms with Gasteiger partial charge in [0, 0.05) is 0 Å². The maximum absolute atomic E-state index is 13.1. The van der Waals surface area contributed by atoms with Gasteiger partial charge < -0.3 is 14.2 Å². The average molecular weight is 412 g/mol. The predicted molar refractivity (Wildman–Crippen MR) is 113 cm³/mol. The second-order valence-corrected chi connectivity index (χ2v) is 6.39. The van der Waals surface area contributed by atoms with Crippen LogP contribution in [0.1, 0.15) is 12.5 Å². The van der Waals surface area contributed by atoms with Gasteiger partial charge in [-0.05, 0) is 67.2 Å². The predicted octanol–water partition coefficient (Wildman–Crippen LogP) is 2.93. The van der Waals surface area contributed by atoms with Crippen LogP contribution in [-0.4, -0.2) is 37.8 Å². The van der Waals surface area contributed by atoms with Gasteiger partial charge in [-0.1, -0.05) is 6.07 Å². The molecule has 1 fully saturated rings. The molecule has 8 heteroatoms. The molecule has 0 aromatic heterocycles. The van der Waals surface area contributed by atoms with Crippen LogP contribution in [0.4, 0.5) is 5.69 Å². The molecule has 0 spiro atoms. The summed E-state index contributed by atoms with van der Waals surface area (Å²) in [5.41, 5.74) is 1.10. The molecule has 3 rings (SSSR count). The number of nitrogens with zero attached hydrogens (tertiary/aromatic N) is 1. The molecule has 1 heterocycles. The minimum Gasteiger partial charge on any atom is -0.497 e. The largest absolute Gasteiger partial charge is 0.497 e. The summed E-state index contributed by atoms with van der Waals surface area (Å²) in [6.45, 7) is 2.36. The van der Waals surface area contributed by atoms with Gasteiger partial charge in [0.1, 0.15) is 11.3 Å². The van der Waals surface area contributed by atoms with Gasteiger partial charge in [-0.15, -0.1) is 0 Å². The topological polar surface area (TPSA) is 77.1 Å². The van der Waals surface area contributed by atoms with Crippen molar-refractivity contribution in [2.75, 3.05) is 25.7 Å². The van der Waals surface area contributed by atoms with Crippen LogP contribution in [-0.2, 0) is 9.59 Å². The van der Waals surface area contributed by atoms with E-state index in [4.69, 9.17) is 26.4 Å². The first kappa shape index (κ1) is 20.3. The van der Waals surface area contributed by atoms with Crippen molar-refractivity contribution in [3.05, 3.63) is 53.6 Å². The summed E-state index contributed by atoms with van der Waals surface area (Å²) in [6.07, 6.45) is 1.49. The van der Waals surface area contributed by atoms with E-state index in [9.17, 15) is 9.59 Å². The average Bonchev–Trinajstić information content (AvgIpc) is 2.72. The highest BCUT2D eigenvalue weighted by molar-refractivity contribution is 7.80. The minimum absolute atomic E-state index is 0.0200. The molecule has 0 radical (unpaired) electrons. The Balaban J connectivity index is 1.96. The second kappa shape index (κ2) is 8.74. The summed E-state index contributed by atoms with van der Waals surface area (Å²) in [5, 5.41) is 2.58. The number of carbonyl (C=O) groups is 2. The molecule has 0 bridgehead atoms. The molecule has 1 aliphatic heterocycles. The third kappa shape index (κ3) is 4.22. The maximum atomic E-state index is 13.1. The van der Waals surface area contributed by atoms with Gasteiger partial charge in [-0.3, -0.25) is 19.8 Å². The van der Waals surface area contributed by atoms with E-state index in [-0.39, 0.29) is 10.7 Å². The van der Waals surface area contributed by atoms with Crippen molar-refractivity contribution in [2.24, 2.45) is 0 Å². The van der Waals surface area contributed by atoms with Gasteiger partial charge in [0.05, 0.1) is 26.5 Å². The number of hydrogen-bond acceptors (Lipinski definition) is 6. The van der Waals surface area contributed by atoms with Crippen molar-refractivity contribution in [3.8, 4) is 17.2 Å². The van der Waals surface area contributed by atoms with Crippen LogP contribution < -0.4 is 24.4 Å². The number of nitrogens with one attached hydrogen (secondary N) is 1. The van der Waals surface area contributed by atoms with E-state index >= 15 is 0 Å². The summed E-state index contributed by atoms with van der Waals surface area (Å²) >= 11 is 5.21. The molecule has 1 N–H and O–H groups in total. The summed E-state index contributed by atoms with van der Waals surface area (Å²) < 4.78 is 16.0. The van der Waals surface area contributed by atoms with Crippen molar-refractivity contribution in [2.45, 2.75) is 6.92 Å². The number of benzene rings is 2. The zero-order chi connectivity index (χ0) is 21.0. The van der Waals surface area contributed by atoms with Crippen LogP contribution in [0.25, 0.3) is 6.08 Å². The molecule has 0 aliphatic carbocycles. The first-order valence-electron chi connectivity index (χ1n) is 8.84. The third-order valence-corrected chi connectivity index (χ3v) is 4.52. The summed E-state index contributed by atoms with van der Waals surface area (Å²) in [7, 11) is 3.08. The Morgan fingerprint density at radius 3 is 2.38 bits per heavy atom. The smallest absolute Gasteiger partial charge is 0.270 e. The Hall–Kier alpha value is -3.39. The Labute approximate surface area is 173 Å². The van der Waals surface area contributed by atoms with Gasteiger partial charge in [-0.25, -0.2) is 0 Å². The highest BCUT2D eigenvalue weighted by atomic mass is 32.1. The van der Waals surface area contributed by atoms with Crippen molar-refractivity contribution in [1.82, 2.24) is 5.32 Å². The summed E-state index contributed by atoms with van der Waals surface area (Å²) in [6, 6.07) is 12.0. The van der Waals surface area contributed by atoms with Crippen molar-refractivity contribution in [3.63, 3.8) is 0 Å². The molecule has 2 amide bonds. The molecule has 2 aromatic carbocycles. The van der Waals surface area contributed by atoms with Crippen LogP contribution in [0.5, 0.6) is 17.2 Å². The summed E-state index contributed by atoms with van der Waals surface area (Å²) in [4.78, 5) is 26.8. The molecular formula is C21H20N2O5S. The fourth-order valence-electron chi connectivity index (χ4n) is 2.84. The number of rotatable bonds is 6. The molecule has 150 valence electrons. The van der Waals surface area contributed by atoms with Crippen LogP contribution in [0.3, 0.4) is 0 Å². The lowest BCUT2D eigenvalue weighted by Crippen LogP contribution is -2.54. The van der Waals surface area contributed by atoms with Crippen LogP contribution >= 0.6 is 12.2 Å². The Kier molecular flexibility index (Phi) is 6.13. The first-order chi connectivity index (χ1) is 14.0. The number of amides is 2. The van der Waals surface area contributed by atoms with E-state index < -0.39 is 11.8 Å². The maximum Gasteiger partial charge on any atom is 0.270 e. The Bertz CT molecular complexity index is 985. The number of thiocarbonyl (C=S) groups is 1. The molecule has 0 saturated carbocycles. The minimum atomic E-state index is -0.558. The fourth-order valence-corrected chi connectivity index (χ4v) is 3.12. The van der Waals surface area contributed by atoms with Crippen LogP contribution in [0.2, 0.25) is 0 Å². The normalized spacial score (nSPS) is 15.3. The standard InChI is InChI=1S/C21H20N2O5S/c1-4-28-17-10-5-13(12-18(17)27-3)11-16-19(24)22-21(29)23(20(16)25)14-6-8-15(26-2)9-7-14/h5-12H,4H2,1-3H3,(H,22,24,29). The summed E-state index contributed by atoms with van der Waals surface area (Å²) in [5.74, 6) is 0.657. The van der Waals surface area contributed by atoms with E-state index in [1.807, 2.05) is 6.92 Å². The molecule has 1 aliphatic rings. The van der Waals surface area contributed by atoms with E-state index in [2.05, 4.69) is 5.32 Å². The number of ether oxygens (including phenoxy) is 3. The fraction of sp³-hybridized carbons (Fsp3) is 0.190. The number of hydrogen-bond donors (Lipinski definition) is 1. The SMILES string of the molecule is CCOc1ccc(C=C2C(=O)NC(=S)N(c3ccc(OC)cc3)C2=O)cc1OC. The number of methoxy groups -OCH3 is 2.